The summed E-state index contributed by atoms with van der Waals surface area (Å²) < 4.78 is 5.22. The van der Waals surface area contributed by atoms with Crippen molar-refractivity contribution in [2.24, 2.45) is 0 Å². The number of hydrogen-bond donors (Lipinski definition) is 1. The molecule has 1 N–H and O–H groups in total. The Morgan fingerprint density at radius 1 is 1.75 bits per heavy atom. The van der Waals surface area contributed by atoms with Gasteiger partial charge in [0.2, 0.25) is 5.91 Å². The summed E-state index contributed by atoms with van der Waals surface area (Å²) >= 11 is 0. The van der Waals surface area contributed by atoms with Crippen LogP contribution < -0.4 is 5.32 Å². The summed E-state index contributed by atoms with van der Waals surface area (Å²) in [6.45, 7) is 0. The quantitative estimate of drug-likeness (QED) is 0.494. The number of hydrogen-bond acceptors (Lipinski definition) is 3. The van der Waals surface area contributed by atoms with Crippen LogP contribution in [0.15, 0.2) is 0 Å². The highest BCUT2D eigenvalue weighted by molar-refractivity contribution is 5.78. The van der Waals surface area contributed by atoms with Crippen molar-refractivity contribution in [2.75, 3.05) is 7.11 Å². The molecule has 0 heterocycles. The van der Waals surface area contributed by atoms with E-state index < -0.39 is 0 Å². The number of nitriles is 1. The smallest absolute Gasteiger partial charge is 0.235 e. The Bertz CT molecular complexity index is 210. The Hall–Kier alpha value is -1.08. The highest BCUT2D eigenvalue weighted by Gasteiger charge is 2.38. The van der Waals surface area contributed by atoms with Gasteiger partial charge in [0.1, 0.15) is 0 Å². The highest BCUT2D eigenvalue weighted by atomic mass is 16.5. The second-order valence-corrected chi connectivity index (χ2v) is 3.08. The Balaban J connectivity index is 2.38. The number of ether oxygens (including phenoxy) is 1. The molecular formula is C8H12N2O2. The molecule has 1 aliphatic carbocycles. The van der Waals surface area contributed by atoms with Crippen molar-refractivity contribution in [2.45, 2.75) is 31.3 Å². The lowest BCUT2D eigenvalue weighted by molar-refractivity contribution is -0.133. The van der Waals surface area contributed by atoms with Gasteiger partial charge in [0, 0.05) is 7.11 Å². The topological polar surface area (TPSA) is 62.1 Å². The molecule has 0 bridgehead atoms. The zero-order valence-corrected chi connectivity index (χ0v) is 7.09. The molecular weight excluding hydrogens is 156 g/mol. The number of carbonyl (C=O) groups is 1. The van der Waals surface area contributed by atoms with Crippen LogP contribution >= 0.6 is 0 Å². The molecule has 12 heavy (non-hydrogen) atoms. The van der Waals surface area contributed by atoms with Crippen molar-refractivity contribution in [1.82, 2.24) is 5.32 Å². The second kappa shape index (κ2) is 3.55. The van der Waals surface area contributed by atoms with Crippen LogP contribution in [0.2, 0.25) is 0 Å². The molecule has 1 aliphatic rings. The lowest BCUT2D eigenvalue weighted by Crippen LogP contribution is -2.43. The predicted molar refractivity (Wildman–Crippen MR) is 42.0 cm³/mol. The first-order valence-corrected chi connectivity index (χ1v) is 3.95. The van der Waals surface area contributed by atoms with E-state index in [4.69, 9.17) is 10.00 Å². The van der Waals surface area contributed by atoms with E-state index in [2.05, 4.69) is 5.32 Å². The Kier molecular flexibility index (Phi) is 2.66. The molecule has 1 amide bonds. The van der Waals surface area contributed by atoms with E-state index >= 15 is 0 Å². The molecule has 4 nitrogen and oxygen atoms in total. The monoisotopic (exact) mass is 168 g/mol. The third kappa shape index (κ3) is 1.74. The van der Waals surface area contributed by atoms with Gasteiger partial charge in [0.25, 0.3) is 0 Å². The normalized spacial score (nSPS) is 19.0. The minimum absolute atomic E-state index is 0.251. The maximum absolute atomic E-state index is 11.0. The number of amides is 1. The summed E-state index contributed by atoms with van der Waals surface area (Å²) in [6.07, 6.45) is 4.85. The van der Waals surface area contributed by atoms with Crippen molar-refractivity contribution >= 4 is 5.91 Å². The van der Waals surface area contributed by atoms with E-state index in [9.17, 15) is 4.79 Å². The van der Waals surface area contributed by atoms with Crippen molar-refractivity contribution in [3.63, 3.8) is 0 Å². The van der Waals surface area contributed by atoms with Crippen molar-refractivity contribution in [3.8, 4) is 6.19 Å². The second-order valence-electron chi connectivity index (χ2n) is 3.08. The summed E-state index contributed by atoms with van der Waals surface area (Å²) in [5.74, 6) is -0.251. The first-order valence-electron chi connectivity index (χ1n) is 3.95. The summed E-state index contributed by atoms with van der Waals surface area (Å²) in [5, 5.41) is 10.3. The molecule has 0 aromatic rings. The van der Waals surface area contributed by atoms with E-state index in [-0.39, 0.29) is 11.5 Å². The molecule has 0 radical (unpaired) electrons. The lowest BCUT2D eigenvalue weighted by atomic mass is 9.77. The van der Waals surface area contributed by atoms with Crippen LogP contribution in [-0.2, 0) is 9.53 Å². The molecule has 0 unspecified atom stereocenters. The Morgan fingerprint density at radius 3 is 2.75 bits per heavy atom. The lowest BCUT2D eigenvalue weighted by Gasteiger charge is -2.39. The van der Waals surface area contributed by atoms with E-state index in [1.165, 1.54) is 0 Å². The zero-order valence-electron chi connectivity index (χ0n) is 7.09. The van der Waals surface area contributed by atoms with Crippen molar-refractivity contribution in [1.29, 1.82) is 5.26 Å². The standard InChI is InChI=1S/C8H12N2O2/c1-12-8(3-2-4-8)5-7(11)10-6-9/h2-5H2,1H3,(H,10,11). The minimum atomic E-state index is -0.277. The van der Waals surface area contributed by atoms with Gasteiger partial charge in [0.05, 0.1) is 12.0 Å². The highest BCUT2D eigenvalue weighted by Crippen LogP contribution is 2.37. The van der Waals surface area contributed by atoms with Crippen molar-refractivity contribution < 1.29 is 9.53 Å². The largest absolute Gasteiger partial charge is 0.378 e. The van der Waals surface area contributed by atoms with E-state index in [1.54, 1.807) is 13.3 Å². The Labute approximate surface area is 71.5 Å². The first kappa shape index (κ1) is 9.01. The van der Waals surface area contributed by atoms with Gasteiger partial charge in [-0.3, -0.25) is 10.1 Å². The van der Waals surface area contributed by atoms with Crippen LogP contribution in [0.25, 0.3) is 0 Å². The minimum Gasteiger partial charge on any atom is -0.378 e. The molecule has 1 rings (SSSR count). The van der Waals surface area contributed by atoms with Gasteiger partial charge in [-0.15, -0.1) is 0 Å². The average molecular weight is 168 g/mol. The van der Waals surface area contributed by atoms with Gasteiger partial charge in [-0.05, 0) is 19.3 Å². The third-order valence-corrected chi connectivity index (χ3v) is 2.38. The van der Waals surface area contributed by atoms with Crippen molar-refractivity contribution in [3.05, 3.63) is 0 Å². The molecule has 0 atom stereocenters. The summed E-state index contributed by atoms with van der Waals surface area (Å²) in [5.41, 5.74) is -0.277. The predicted octanol–water partition coefficient (Wildman–Crippen LogP) is 0.543. The van der Waals surface area contributed by atoms with Crippen LogP contribution in [0.3, 0.4) is 0 Å². The van der Waals surface area contributed by atoms with E-state index in [0.29, 0.717) is 6.42 Å². The fraction of sp³-hybridized carbons (Fsp3) is 0.750. The van der Waals surface area contributed by atoms with Crippen LogP contribution in [0.1, 0.15) is 25.7 Å². The maximum atomic E-state index is 11.0. The Morgan fingerprint density at radius 2 is 2.42 bits per heavy atom. The first-order chi connectivity index (χ1) is 5.72. The van der Waals surface area contributed by atoms with E-state index in [1.807, 2.05) is 0 Å². The van der Waals surface area contributed by atoms with Crippen LogP contribution in [-0.4, -0.2) is 18.6 Å². The number of carbonyl (C=O) groups excluding carboxylic acids is 1. The van der Waals surface area contributed by atoms with Gasteiger partial charge in [-0.1, -0.05) is 0 Å². The van der Waals surface area contributed by atoms with Gasteiger partial charge >= 0.3 is 0 Å². The van der Waals surface area contributed by atoms with Gasteiger partial charge in [-0.25, -0.2) is 0 Å². The SMILES string of the molecule is COC1(CC(=O)NC#N)CCC1. The molecule has 4 heteroatoms. The fourth-order valence-electron chi connectivity index (χ4n) is 1.42. The van der Waals surface area contributed by atoms with Gasteiger partial charge in [-0.2, -0.15) is 5.26 Å². The molecule has 0 saturated heterocycles. The number of rotatable bonds is 3. The molecule has 66 valence electrons. The number of methoxy groups -OCH3 is 1. The molecule has 0 aromatic carbocycles. The molecule has 0 aromatic heterocycles. The summed E-state index contributed by atoms with van der Waals surface area (Å²) in [7, 11) is 1.61. The number of nitrogens with one attached hydrogen (secondary N) is 1. The average Bonchev–Trinajstić information content (AvgIpc) is 1.97. The summed E-state index contributed by atoms with van der Waals surface area (Å²) in [4.78, 5) is 11.0. The molecule has 1 fully saturated rings. The van der Waals surface area contributed by atoms with Gasteiger partial charge in [0.15, 0.2) is 6.19 Å². The van der Waals surface area contributed by atoms with E-state index in [0.717, 1.165) is 19.3 Å². The summed E-state index contributed by atoms with van der Waals surface area (Å²) in [6, 6.07) is 0. The molecule has 0 spiro atoms. The zero-order chi connectivity index (χ0) is 9.03. The number of nitrogens with zero attached hydrogens (tertiary/aromatic N) is 1. The molecule has 1 saturated carbocycles. The van der Waals surface area contributed by atoms with Crippen LogP contribution in [0.4, 0.5) is 0 Å². The van der Waals surface area contributed by atoms with Gasteiger partial charge < -0.3 is 4.74 Å². The molecule has 0 aliphatic heterocycles. The fourth-order valence-corrected chi connectivity index (χ4v) is 1.42. The third-order valence-electron chi connectivity index (χ3n) is 2.38. The van der Waals surface area contributed by atoms with Crippen LogP contribution in [0, 0.1) is 11.5 Å². The van der Waals surface area contributed by atoms with Crippen LogP contribution in [0.5, 0.6) is 0 Å². The maximum Gasteiger partial charge on any atom is 0.235 e.